The number of nitrogens with two attached hydrogens (primary N) is 2. The molecule has 0 radical (unpaired) electrons. The van der Waals surface area contributed by atoms with Crippen LogP contribution in [0.25, 0.3) is 16.7 Å². The number of carboxylic acids is 1. The Kier molecular flexibility index (Phi) is 8.77. The van der Waals surface area contributed by atoms with Gasteiger partial charge in [-0.3, -0.25) is 9.36 Å². The predicted octanol–water partition coefficient (Wildman–Crippen LogP) is 2.97. The first-order valence-electron chi connectivity index (χ1n) is 12.0. The van der Waals surface area contributed by atoms with E-state index in [0.29, 0.717) is 25.6 Å². The number of rotatable bonds is 6. The van der Waals surface area contributed by atoms with Crippen LogP contribution in [0.1, 0.15) is 37.6 Å². The fourth-order valence-electron chi connectivity index (χ4n) is 4.16. The van der Waals surface area contributed by atoms with Crippen LogP contribution < -0.4 is 21.8 Å². The van der Waals surface area contributed by atoms with E-state index in [4.69, 9.17) is 11.5 Å². The van der Waals surface area contributed by atoms with E-state index in [1.807, 2.05) is 0 Å². The normalized spacial score (nSPS) is 15.2. The molecule has 1 aliphatic rings. The van der Waals surface area contributed by atoms with Gasteiger partial charge in [0.05, 0.1) is 16.8 Å². The summed E-state index contributed by atoms with van der Waals surface area (Å²) in [5, 5.41) is 8.99. The number of hydrogen-bond donors (Lipinski definition) is 3. The summed E-state index contributed by atoms with van der Waals surface area (Å²) in [7, 11) is 0. The van der Waals surface area contributed by atoms with Crippen LogP contribution in [0.4, 0.5) is 24.7 Å². The van der Waals surface area contributed by atoms with Crippen LogP contribution in [0.2, 0.25) is 0 Å². The molecule has 9 nitrogen and oxygen atoms in total. The third-order valence-electron chi connectivity index (χ3n) is 6.33. The highest BCUT2D eigenvalue weighted by Gasteiger charge is 2.26. The first-order valence-corrected chi connectivity index (χ1v) is 12.0. The summed E-state index contributed by atoms with van der Waals surface area (Å²) in [5.41, 5.74) is 8.73. The van der Waals surface area contributed by atoms with Crippen molar-refractivity contribution in [3.05, 3.63) is 57.6 Å². The number of carbonyl (C=O) groups is 1. The van der Waals surface area contributed by atoms with E-state index in [2.05, 4.69) is 30.7 Å². The van der Waals surface area contributed by atoms with Gasteiger partial charge in [-0.15, -0.1) is 0 Å². The Morgan fingerprint density at radius 1 is 1.11 bits per heavy atom. The molecular formula is C25H31F3N6O3. The number of hydrogen-bond acceptors (Lipinski definition) is 7. The van der Waals surface area contributed by atoms with Gasteiger partial charge in [0.1, 0.15) is 17.2 Å². The molecule has 37 heavy (non-hydrogen) atoms. The molecule has 1 atom stereocenters. The van der Waals surface area contributed by atoms with Gasteiger partial charge in [0, 0.05) is 31.4 Å². The minimum atomic E-state index is -1.60. The molecule has 0 amide bonds. The molecule has 1 aliphatic heterocycles. The second kappa shape index (κ2) is 11.6. The average molecular weight is 521 g/mol. The summed E-state index contributed by atoms with van der Waals surface area (Å²) in [6.07, 6.45) is 1.46. The van der Waals surface area contributed by atoms with Gasteiger partial charge in [-0.05, 0) is 38.2 Å². The molecule has 1 fully saturated rings. The average Bonchev–Trinajstić information content (AvgIpc) is 3.29. The fourth-order valence-corrected chi connectivity index (χ4v) is 4.16. The van der Waals surface area contributed by atoms with Crippen LogP contribution in [0.5, 0.6) is 0 Å². The van der Waals surface area contributed by atoms with E-state index in [1.54, 1.807) is 4.90 Å². The van der Waals surface area contributed by atoms with E-state index in [9.17, 15) is 27.9 Å². The summed E-state index contributed by atoms with van der Waals surface area (Å²) in [6.45, 7) is 10.9. The molecule has 1 saturated heterocycles. The lowest BCUT2D eigenvalue weighted by Crippen LogP contribution is -2.28. The van der Waals surface area contributed by atoms with Gasteiger partial charge in [0.2, 0.25) is 5.43 Å². The number of anilines is 2. The number of halogens is 3. The zero-order chi connectivity index (χ0) is 27.4. The molecule has 12 heteroatoms. The van der Waals surface area contributed by atoms with Gasteiger partial charge in [0.15, 0.2) is 17.3 Å². The maximum atomic E-state index is 14.8. The first-order chi connectivity index (χ1) is 17.5. The van der Waals surface area contributed by atoms with Gasteiger partial charge in [-0.1, -0.05) is 20.8 Å². The number of nitrogen functional groups attached to an aromatic ring is 1. The van der Waals surface area contributed by atoms with E-state index < -0.39 is 40.1 Å². The van der Waals surface area contributed by atoms with E-state index in [0.717, 1.165) is 22.9 Å². The lowest BCUT2D eigenvalue weighted by atomic mass is 10.1. The van der Waals surface area contributed by atoms with E-state index >= 15 is 0 Å². The highest BCUT2D eigenvalue weighted by atomic mass is 19.1. The molecule has 3 aromatic rings. The molecule has 4 rings (SSSR count). The van der Waals surface area contributed by atoms with Crippen LogP contribution in [0, 0.1) is 17.5 Å². The van der Waals surface area contributed by atoms with Crippen LogP contribution in [-0.2, 0) is 0 Å². The van der Waals surface area contributed by atoms with Gasteiger partial charge in [0.25, 0.3) is 0 Å². The van der Waals surface area contributed by atoms with Crippen molar-refractivity contribution in [1.29, 1.82) is 0 Å². The molecule has 0 unspecified atom stereocenters. The minimum Gasteiger partial charge on any atom is -0.477 e. The Morgan fingerprint density at radius 2 is 1.76 bits per heavy atom. The van der Waals surface area contributed by atoms with Crippen molar-refractivity contribution in [3.63, 3.8) is 0 Å². The maximum absolute atomic E-state index is 14.8. The number of carboxylic acid groups (broad SMARTS) is 1. The van der Waals surface area contributed by atoms with Gasteiger partial charge in [-0.2, -0.15) is 0 Å². The lowest BCUT2D eigenvalue weighted by molar-refractivity contribution is 0.0695. The molecule has 3 heterocycles. The Hall–Kier alpha value is -3.64. The number of aromatic nitrogens is 2. The smallest absolute Gasteiger partial charge is 0.341 e. The third kappa shape index (κ3) is 5.86. The van der Waals surface area contributed by atoms with Crippen molar-refractivity contribution in [2.45, 2.75) is 33.2 Å². The maximum Gasteiger partial charge on any atom is 0.341 e. The molecule has 1 aromatic carbocycles. The van der Waals surface area contributed by atoms with Crippen LogP contribution >= 0.6 is 0 Å². The highest BCUT2D eigenvalue weighted by molar-refractivity contribution is 5.92. The molecule has 2 aromatic heterocycles. The molecule has 200 valence electrons. The molecular weight excluding hydrogens is 489 g/mol. The SMILES string of the molecule is CCN(CC)CC.Nc1cc(-n2cc(C(=O)O)c(=O)c3cc(F)c(N4CC[C@H](N)C4)nc32)c(F)cc1F. The summed E-state index contributed by atoms with van der Waals surface area (Å²) in [4.78, 5) is 32.2. The van der Waals surface area contributed by atoms with Crippen molar-refractivity contribution < 1.29 is 23.1 Å². The summed E-state index contributed by atoms with van der Waals surface area (Å²) in [5.74, 6) is -4.63. The van der Waals surface area contributed by atoms with E-state index in [-0.39, 0.29) is 28.6 Å². The standard InChI is InChI=1S/C19H16F3N5O3.C6H15N/c20-11-4-12(21)15(5-14(11)24)27-7-10(19(29)30)16(28)9-3-13(22)18(25-17(9)27)26-2-1-8(23)6-26;1-4-7(5-2)6-3/h3-5,7-8H,1-2,6,23-24H2,(H,29,30);4-6H2,1-3H3/t8-;/m0./s1. The predicted molar refractivity (Wildman–Crippen MR) is 137 cm³/mol. The summed E-state index contributed by atoms with van der Waals surface area (Å²) < 4.78 is 43.9. The molecule has 0 bridgehead atoms. The zero-order valence-corrected chi connectivity index (χ0v) is 21.0. The Balaban J connectivity index is 0.000000479. The fraction of sp³-hybridized carbons (Fsp3) is 0.400. The molecule has 5 N–H and O–H groups in total. The quantitative estimate of drug-likeness (QED) is 0.423. The second-order valence-corrected chi connectivity index (χ2v) is 8.65. The second-order valence-electron chi connectivity index (χ2n) is 8.65. The molecule has 0 saturated carbocycles. The monoisotopic (exact) mass is 520 g/mol. The number of nitrogens with zero attached hydrogens (tertiary/aromatic N) is 4. The van der Waals surface area contributed by atoms with Crippen LogP contribution in [0.15, 0.2) is 29.2 Å². The zero-order valence-electron chi connectivity index (χ0n) is 21.0. The van der Waals surface area contributed by atoms with Gasteiger partial charge in [-0.25, -0.2) is 22.9 Å². The van der Waals surface area contributed by atoms with Crippen molar-refractivity contribution in [1.82, 2.24) is 14.5 Å². The van der Waals surface area contributed by atoms with Crippen molar-refractivity contribution in [2.75, 3.05) is 43.4 Å². The topological polar surface area (TPSA) is 131 Å². The first kappa shape index (κ1) is 27.9. The Morgan fingerprint density at radius 3 is 2.27 bits per heavy atom. The van der Waals surface area contributed by atoms with Crippen molar-refractivity contribution in [2.24, 2.45) is 5.73 Å². The van der Waals surface area contributed by atoms with Gasteiger partial charge < -0.3 is 26.4 Å². The van der Waals surface area contributed by atoms with Crippen molar-refractivity contribution in [3.8, 4) is 5.69 Å². The molecule has 0 aliphatic carbocycles. The van der Waals surface area contributed by atoms with Crippen LogP contribution in [-0.4, -0.2) is 64.3 Å². The summed E-state index contributed by atoms with van der Waals surface area (Å²) in [6, 6.07) is 2.14. The number of aromatic carboxylic acids is 1. The number of pyridine rings is 2. The molecule has 0 spiro atoms. The van der Waals surface area contributed by atoms with E-state index in [1.165, 1.54) is 19.6 Å². The lowest BCUT2D eigenvalue weighted by Gasteiger charge is -2.20. The van der Waals surface area contributed by atoms with Crippen LogP contribution in [0.3, 0.4) is 0 Å². The Labute approximate surface area is 212 Å². The third-order valence-corrected chi connectivity index (χ3v) is 6.33. The van der Waals surface area contributed by atoms with Gasteiger partial charge >= 0.3 is 5.97 Å². The Bertz CT molecular complexity index is 1350. The number of fused-ring (bicyclic) bond motifs is 1. The summed E-state index contributed by atoms with van der Waals surface area (Å²) >= 11 is 0. The minimum absolute atomic E-state index is 0.109. The van der Waals surface area contributed by atoms with Crippen molar-refractivity contribution >= 4 is 28.5 Å². The largest absolute Gasteiger partial charge is 0.477 e. The highest BCUT2D eigenvalue weighted by Crippen LogP contribution is 2.28. The number of benzene rings is 1.